The van der Waals surface area contributed by atoms with Gasteiger partial charge in [0.05, 0.1) is 12.2 Å². The van der Waals surface area contributed by atoms with E-state index in [9.17, 15) is 9.90 Å². The molecule has 0 saturated carbocycles. The van der Waals surface area contributed by atoms with Gasteiger partial charge in [-0.25, -0.2) is 19.3 Å². The van der Waals surface area contributed by atoms with Crippen molar-refractivity contribution in [2.45, 2.75) is 44.9 Å². The van der Waals surface area contributed by atoms with E-state index in [0.29, 0.717) is 41.0 Å². The van der Waals surface area contributed by atoms with E-state index in [2.05, 4.69) is 52.8 Å². The van der Waals surface area contributed by atoms with E-state index in [1.54, 1.807) is 28.6 Å². The number of nitrogens with zero attached hydrogens (tertiary/aromatic N) is 7. The molecule has 0 spiro atoms. The molecule has 1 aliphatic heterocycles. The van der Waals surface area contributed by atoms with Gasteiger partial charge in [0.1, 0.15) is 11.0 Å². The Hall–Kier alpha value is -4.02. The molecule has 2 unspecified atom stereocenters. The first-order valence-corrected chi connectivity index (χ1v) is 13.4. The van der Waals surface area contributed by atoms with E-state index in [0.717, 1.165) is 37.3 Å². The Morgan fingerprint density at radius 3 is 2.72 bits per heavy atom. The number of aromatic nitrogens is 5. The van der Waals surface area contributed by atoms with Crippen LogP contribution in [0.5, 0.6) is 0 Å². The predicted molar refractivity (Wildman–Crippen MR) is 153 cm³/mol. The molecule has 0 amide bonds. The Bertz CT molecular complexity index is 1600. The molecule has 1 saturated heterocycles. The van der Waals surface area contributed by atoms with E-state index in [1.807, 2.05) is 24.3 Å². The van der Waals surface area contributed by atoms with Gasteiger partial charge in [0.2, 0.25) is 5.95 Å². The van der Waals surface area contributed by atoms with Gasteiger partial charge in [-0.1, -0.05) is 12.1 Å². The lowest BCUT2D eigenvalue weighted by molar-refractivity contribution is 0.0553. The molecule has 2 atom stereocenters. The molecule has 0 bridgehead atoms. The summed E-state index contributed by atoms with van der Waals surface area (Å²) < 4.78 is 3.24. The number of piperazine rings is 1. The number of hydrogen-bond donors (Lipinski definition) is 2. The van der Waals surface area contributed by atoms with E-state index in [1.165, 1.54) is 5.69 Å². The monoisotopic (exact) mass is 526 g/mol. The average molecular weight is 527 g/mol. The summed E-state index contributed by atoms with van der Waals surface area (Å²) in [4.78, 5) is 32.0. The van der Waals surface area contributed by atoms with Crippen LogP contribution in [0.15, 0.2) is 60.0 Å². The third kappa shape index (κ3) is 4.49. The molecular formula is C29H34N8O2. The number of likely N-dealkylation sites (N-methyl/N-ethyl adjacent to an activating group) is 1. The first-order valence-electron chi connectivity index (χ1n) is 13.4. The van der Waals surface area contributed by atoms with Gasteiger partial charge in [-0.3, -0.25) is 4.79 Å². The zero-order valence-corrected chi connectivity index (χ0v) is 22.6. The van der Waals surface area contributed by atoms with Crippen molar-refractivity contribution in [3.05, 3.63) is 76.9 Å². The van der Waals surface area contributed by atoms with Crippen LogP contribution < -0.4 is 15.8 Å². The second-order valence-corrected chi connectivity index (χ2v) is 10.8. The van der Waals surface area contributed by atoms with Gasteiger partial charge in [-0.15, -0.1) is 6.58 Å². The number of nitrogens with one attached hydrogen (secondary N) is 1. The van der Waals surface area contributed by atoms with Crippen LogP contribution in [0.1, 0.15) is 31.5 Å². The molecular weight excluding hydrogens is 492 g/mol. The summed E-state index contributed by atoms with van der Waals surface area (Å²) >= 11 is 0. The molecule has 1 aliphatic carbocycles. The van der Waals surface area contributed by atoms with Gasteiger partial charge in [0, 0.05) is 43.2 Å². The maximum absolute atomic E-state index is 13.3. The zero-order valence-electron chi connectivity index (χ0n) is 22.6. The summed E-state index contributed by atoms with van der Waals surface area (Å²) in [6.07, 6.45) is 4.60. The third-order valence-corrected chi connectivity index (χ3v) is 7.84. The van der Waals surface area contributed by atoms with Crippen LogP contribution in [-0.2, 0) is 18.6 Å². The number of pyridine rings is 1. The van der Waals surface area contributed by atoms with Crippen molar-refractivity contribution in [2.24, 2.45) is 0 Å². The summed E-state index contributed by atoms with van der Waals surface area (Å²) in [6.45, 7) is 11.2. The minimum Gasteiger partial charge on any atom is -0.384 e. The van der Waals surface area contributed by atoms with Crippen LogP contribution in [0.3, 0.4) is 0 Å². The van der Waals surface area contributed by atoms with Gasteiger partial charge >= 0.3 is 0 Å². The number of aliphatic hydroxyl groups is 1. The summed E-state index contributed by atoms with van der Waals surface area (Å²) in [5.74, 6) is 0.890. The van der Waals surface area contributed by atoms with Gasteiger partial charge in [-0.2, -0.15) is 4.98 Å². The van der Waals surface area contributed by atoms with E-state index < -0.39 is 5.60 Å². The number of benzene rings is 1. The fourth-order valence-electron chi connectivity index (χ4n) is 5.76. The molecule has 2 aliphatic rings. The van der Waals surface area contributed by atoms with Gasteiger partial charge < -0.3 is 20.2 Å². The number of hydrogen-bond acceptors (Lipinski definition) is 8. The van der Waals surface area contributed by atoms with E-state index >= 15 is 0 Å². The Morgan fingerprint density at radius 2 is 1.97 bits per heavy atom. The first kappa shape index (κ1) is 25.3. The Morgan fingerprint density at radius 1 is 1.18 bits per heavy atom. The summed E-state index contributed by atoms with van der Waals surface area (Å²) in [6, 6.07) is 12.5. The summed E-state index contributed by atoms with van der Waals surface area (Å²) in [5.41, 5.74) is 2.90. The SMILES string of the molecule is C=CCn1c(=O)c2cnc(Nc3ccc(N4CCN(C)CC4C)cc3)nc2n1-c1ccc2c(n1)C(C)(O)CC2. The number of anilines is 3. The summed E-state index contributed by atoms with van der Waals surface area (Å²) in [7, 11) is 2.16. The quantitative estimate of drug-likeness (QED) is 0.369. The number of aryl methyl sites for hydroxylation is 1. The average Bonchev–Trinajstić information content (AvgIpc) is 3.37. The van der Waals surface area contributed by atoms with Crippen molar-refractivity contribution in [3.8, 4) is 5.82 Å². The van der Waals surface area contributed by atoms with Crippen LogP contribution in [0.25, 0.3) is 16.9 Å². The Kier molecular flexibility index (Phi) is 6.23. The van der Waals surface area contributed by atoms with Crippen molar-refractivity contribution in [1.29, 1.82) is 0 Å². The lowest BCUT2D eigenvalue weighted by Crippen LogP contribution is -2.50. The minimum atomic E-state index is -1.01. The first-order chi connectivity index (χ1) is 18.7. The van der Waals surface area contributed by atoms with Crippen LogP contribution in [0, 0.1) is 0 Å². The van der Waals surface area contributed by atoms with Crippen LogP contribution in [-0.4, -0.2) is 67.0 Å². The molecule has 1 fully saturated rings. The standard InChI is InChI=1S/C29H34N8O2/c1-5-14-36-27(38)23-17-30-28(31-21-7-9-22(10-8-21)35-16-15-34(4)18-19(35)2)33-26(23)37(36)24-11-6-20-12-13-29(3,39)25(20)32-24/h5-11,17,19,39H,1,12-16,18H2,2-4H3,(H,30,31,33). The van der Waals surface area contributed by atoms with Gasteiger partial charge in [-0.05, 0) is 69.6 Å². The molecule has 4 heterocycles. The minimum absolute atomic E-state index is 0.226. The highest BCUT2D eigenvalue weighted by molar-refractivity contribution is 5.77. The number of rotatable bonds is 6. The molecule has 6 rings (SSSR count). The molecule has 10 nitrogen and oxygen atoms in total. The van der Waals surface area contributed by atoms with E-state index in [4.69, 9.17) is 9.97 Å². The number of allylic oxidation sites excluding steroid dienone is 1. The highest BCUT2D eigenvalue weighted by atomic mass is 16.3. The molecule has 202 valence electrons. The molecule has 10 heteroatoms. The van der Waals surface area contributed by atoms with Crippen LogP contribution >= 0.6 is 0 Å². The fourth-order valence-corrected chi connectivity index (χ4v) is 5.76. The Balaban J connectivity index is 1.35. The topological polar surface area (TPSA) is 104 Å². The normalized spacial score (nSPS) is 21.3. The smallest absolute Gasteiger partial charge is 0.278 e. The van der Waals surface area contributed by atoms with Crippen LogP contribution in [0.4, 0.5) is 17.3 Å². The van der Waals surface area contributed by atoms with Crippen molar-refractivity contribution >= 4 is 28.4 Å². The third-order valence-electron chi connectivity index (χ3n) is 7.84. The largest absolute Gasteiger partial charge is 0.384 e. The second kappa shape index (κ2) is 9.62. The molecule has 2 N–H and O–H groups in total. The van der Waals surface area contributed by atoms with Crippen molar-refractivity contribution in [1.82, 2.24) is 29.2 Å². The van der Waals surface area contributed by atoms with Gasteiger partial charge in [0.25, 0.3) is 5.56 Å². The lowest BCUT2D eigenvalue weighted by Gasteiger charge is -2.39. The highest BCUT2D eigenvalue weighted by Gasteiger charge is 2.34. The van der Waals surface area contributed by atoms with Crippen molar-refractivity contribution in [3.63, 3.8) is 0 Å². The molecule has 4 aromatic rings. The maximum Gasteiger partial charge on any atom is 0.278 e. The fraction of sp³-hybridized carbons (Fsp3) is 0.379. The van der Waals surface area contributed by atoms with E-state index in [-0.39, 0.29) is 12.1 Å². The number of fused-ring (bicyclic) bond motifs is 2. The van der Waals surface area contributed by atoms with Crippen LogP contribution in [0.2, 0.25) is 0 Å². The molecule has 0 radical (unpaired) electrons. The molecule has 1 aromatic carbocycles. The molecule has 39 heavy (non-hydrogen) atoms. The Labute approximate surface area is 227 Å². The van der Waals surface area contributed by atoms with Crippen molar-refractivity contribution in [2.75, 3.05) is 36.9 Å². The van der Waals surface area contributed by atoms with Gasteiger partial charge in [0.15, 0.2) is 11.5 Å². The highest BCUT2D eigenvalue weighted by Crippen LogP contribution is 2.35. The second-order valence-electron chi connectivity index (χ2n) is 10.8. The predicted octanol–water partition coefficient (Wildman–Crippen LogP) is 3.20. The lowest BCUT2D eigenvalue weighted by atomic mass is 10.0. The maximum atomic E-state index is 13.3. The van der Waals surface area contributed by atoms with Crippen molar-refractivity contribution < 1.29 is 5.11 Å². The molecule has 3 aromatic heterocycles. The summed E-state index contributed by atoms with van der Waals surface area (Å²) in [5, 5.41) is 14.5. The zero-order chi connectivity index (χ0) is 27.3.